The first-order valence-corrected chi connectivity index (χ1v) is 16.9. The minimum absolute atomic E-state index is 0.0236. The third-order valence-corrected chi connectivity index (χ3v) is 10.8. The molecule has 3 aliphatic heterocycles. The van der Waals surface area contributed by atoms with E-state index in [1.807, 2.05) is 0 Å². The normalized spacial score (nSPS) is 18.6. The van der Waals surface area contributed by atoms with E-state index in [0.717, 1.165) is 51.1 Å². The van der Waals surface area contributed by atoms with Crippen molar-refractivity contribution in [3.8, 4) is 11.1 Å². The molecule has 3 fully saturated rings. The summed E-state index contributed by atoms with van der Waals surface area (Å²) in [5.74, 6) is -2.01. The van der Waals surface area contributed by atoms with Crippen LogP contribution in [0.1, 0.15) is 25.7 Å². The first-order valence-electron chi connectivity index (χ1n) is 14.6. The zero-order valence-electron chi connectivity index (χ0n) is 24.4. The first kappa shape index (κ1) is 30.5. The van der Waals surface area contributed by atoms with Gasteiger partial charge in [0.05, 0.1) is 16.2 Å². The zero-order chi connectivity index (χ0) is 31.6. The molecule has 0 unspecified atom stereocenters. The third-order valence-electron chi connectivity index (χ3n) is 9.38. The van der Waals surface area contributed by atoms with Crippen LogP contribution in [0.5, 0.6) is 0 Å². The lowest BCUT2D eigenvalue weighted by Crippen LogP contribution is -2.49. The fourth-order valence-electron chi connectivity index (χ4n) is 7.39. The maximum absolute atomic E-state index is 17.1. The Bertz CT molecular complexity index is 1840. The Morgan fingerprint density at radius 1 is 1.09 bits per heavy atom. The van der Waals surface area contributed by atoms with Crippen LogP contribution in [0.2, 0.25) is 5.02 Å². The molecule has 3 saturated heterocycles. The Morgan fingerprint density at radius 2 is 1.75 bits per heavy atom. The largest absolute Gasteiger partial charge is 0.398 e. The summed E-state index contributed by atoms with van der Waals surface area (Å²) in [5.41, 5.74) is 4.13. The molecule has 4 heterocycles. The van der Waals surface area contributed by atoms with E-state index in [9.17, 15) is 18.0 Å². The van der Waals surface area contributed by atoms with Gasteiger partial charge in [0.1, 0.15) is 5.82 Å². The van der Waals surface area contributed by atoms with Crippen LogP contribution in [0.3, 0.4) is 0 Å². The molecular formula is C31H34ClF2N5O4S. The van der Waals surface area contributed by atoms with Gasteiger partial charge < -0.3 is 20.1 Å². The SMILES string of the molecule is C=CC(=O)N1CCN(c2c(S(C)(=O)=O)c(=O)n(CC34CCCN3CCC4)c3c(F)c(-c4c(N)cccc4F)c(Cl)cc23)CC1. The van der Waals surface area contributed by atoms with E-state index in [-0.39, 0.29) is 77.1 Å². The zero-order valence-corrected chi connectivity index (χ0v) is 26.0. The van der Waals surface area contributed by atoms with Crippen LogP contribution in [-0.4, -0.2) is 79.8 Å². The van der Waals surface area contributed by atoms with Gasteiger partial charge in [0, 0.05) is 66.7 Å². The van der Waals surface area contributed by atoms with Crippen molar-refractivity contribution in [1.82, 2.24) is 14.4 Å². The number of benzene rings is 2. The van der Waals surface area contributed by atoms with Crippen LogP contribution >= 0.6 is 11.6 Å². The van der Waals surface area contributed by atoms with E-state index in [2.05, 4.69) is 11.5 Å². The molecule has 0 aliphatic carbocycles. The number of sulfone groups is 1. The Labute approximate surface area is 259 Å². The number of amides is 1. The van der Waals surface area contributed by atoms with Gasteiger partial charge in [-0.15, -0.1) is 0 Å². The van der Waals surface area contributed by atoms with Crippen molar-refractivity contribution < 1.29 is 22.0 Å². The fraction of sp³-hybridized carbons (Fsp3) is 0.419. The summed E-state index contributed by atoms with van der Waals surface area (Å²) in [4.78, 5) is 31.8. The number of rotatable bonds is 6. The highest BCUT2D eigenvalue weighted by molar-refractivity contribution is 7.90. The molecule has 9 nitrogen and oxygen atoms in total. The van der Waals surface area contributed by atoms with E-state index in [0.29, 0.717) is 0 Å². The summed E-state index contributed by atoms with van der Waals surface area (Å²) >= 11 is 6.71. The molecule has 0 bridgehead atoms. The van der Waals surface area contributed by atoms with Crippen molar-refractivity contribution in [3.05, 3.63) is 63.9 Å². The third kappa shape index (κ3) is 4.87. The fourth-order valence-corrected chi connectivity index (χ4v) is 8.70. The number of halogens is 3. The van der Waals surface area contributed by atoms with Gasteiger partial charge in [0.2, 0.25) is 5.91 Å². The van der Waals surface area contributed by atoms with Gasteiger partial charge >= 0.3 is 0 Å². The van der Waals surface area contributed by atoms with Gasteiger partial charge in [-0.25, -0.2) is 17.2 Å². The Balaban J connectivity index is 1.68. The van der Waals surface area contributed by atoms with E-state index in [1.165, 1.54) is 28.8 Å². The van der Waals surface area contributed by atoms with Crippen molar-refractivity contribution >= 4 is 49.6 Å². The molecular weight excluding hydrogens is 612 g/mol. The lowest BCUT2D eigenvalue weighted by Gasteiger charge is -2.38. The molecule has 0 saturated carbocycles. The topological polar surface area (TPSA) is 109 Å². The van der Waals surface area contributed by atoms with Crippen molar-refractivity contribution in [3.63, 3.8) is 0 Å². The number of carbonyl (C=O) groups is 1. The molecule has 0 radical (unpaired) electrons. The number of nitrogen functional groups attached to an aromatic ring is 1. The number of fused-ring (bicyclic) bond motifs is 2. The quantitative estimate of drug-likeness (QED) is 0.318. The molecule has 2 aromatic carbocycles. The number of pyridine rings is 1. The lowest BCUT2D eigenvalue weighted by molar-refractivity contribution is -0.126. The smallest absolute Gasteiger partial charge is 0.272 e. The number of anilines is 2. The van der Waals surface area contributed by atoms with Crippen LogP contribution in [0.15, 0.2) is 46.6 Å². The highest BCUT2D eigenvalue weighted by Crippen LogP contribution is 2.45. The maximum atomic E-state index is 17.1. The molecule has 44 heavy (non-hydrogen) atoms. The van der Waals surface area contributed by atoms with E-state index >= 15 is 8.78 Å². The van der Waals surface area contributed by atoms with Crippen LogP contribution in [0, 0.1) is 11.6 Å². The molecule has 2 N–H and O–H groups in total. The monoisotopic (exact) mass is 645 g/mol. The average Bonchev–Trinajstić information content (AvgIpc) is 3.55. The Hall–Kier alpha value is -3.48. The molecule has 6 rings (SSSR count). The Kier molecular flexibility index (Phi) is 7.74. The van der Waals surface area contributed by atoms with E-state index in [1.54, 1.807) is 9.80 Å². The molecule has 13 heteroatoms. The summed E-state index contributed by atoms with van der Waals surface area (Å²) in [6, 6.07) is 5.38. The van der Waals surface area contributed by atoms with Gasteiger partial charge in [-0.3, -0.25) is 14.5 Å². The highest BCUT2D eigenvalue weighted by atomic mass is 35.5. The number of piperazine rings is 1. The summed E-state index contributed by atoms with van der Waals surface area (Å²) in [6.45, 7) is 6.09. The Morgan fingerprint density at radius 3 is 2.34 bits per heavy atom. The van der Waals surface area contributed by atoms with Crippen LogP contribution in [-0.2, 0) is 21.2 Å². The standard InChI is InChI=1S/C31H34ClF2N5O4S/c1-3-23(40)36-13-15-37(16-14-36)28-19-17-20(32)24(25-21(33)7-4-8-22(25)35)26(34)27(19)39(30(41)29(28)44(2,42)43)18-31-9-5-11-38(31)12-6-10-31/h3-4,7-8,17H,1,5-6,9-16,18,35H2,2H3. The van der Waals surface area contributed by atoms with Gasteiger partial charge in [0.25, 0.3) is 5.56 Å². The van der Waals surface area contributed by atoms with Crippen molar-refractivity contribution in [2.24, 2.45) is 0 Å². The number of hydrogen-bond donors (Lipinski definition) is 1. The minimum Gasteiger partial charge on any atom is -0.398 e. The van der Waals surface area contributed by atoms with Crippen molar-refractivity contribution in [2.45, 2.75) is 42.7 Å². The molecule has 1 aromatic heterocycles. The van der Waals surface area contributed by atoms with Crippen LogP contribution in [0.4, 0.5) is 20.2 Å². The molecule has 234 valence electrons. The second-order valence-corrected chi connectivity index (χ2v) is 14.3. The van der Waals surface area contributed by atoms with Crippen molar-refractivity contribution in [1.29, 1.82) is 0 Å². The summed E-state index contributed by atoms with van der Waals surface area (Å²) in [5, 5.41) is -0.0617. The van der Waals surface area contributed by atoms with E-state index in [4.69, 9.17) is 17.3 Å². The minimum atomic E-state index is -4.15. The lowest BCUT2D eigenvalue weighted by atomic mass is 9.93. The van der Waals surface area contributed by atoms with Gasteiger partial charge in [0.15, 0.2) is 20.5 Å². The molecule has 1 amide bonds. The number of nitrogens with zero attached hydrogens (tertiary/aromatic N) is 4. The molecule has 3 aliphatic rings. The number of aromatic nitrogens is 1. The second-order valence-electron chi connectivity index (χ2n) is 11.9. The number of nitrogens with two attached hydrogens (primary N) is 1. The second kappa shape index (κ2) is 11.1. The average molecular weight is 646 g/mol. The van der Waals surface area contributed by atoms with E-state index < -0.39 is 37.5 Å². The summed E-state index contributed by atoms with van der Waals surface area (Å²) in [7, 11) is -4.15. The van der Waals surface area contributed by atoms with Gasteiger partial charge in [-0.2, -0.15) is 0 Å². The predicted molar refractivity (Wildman–Crippen MR) is 168 cm³/mol. The van der Waals surface area contributed by atoms with Crippen LogP contribution in [0.25, 0.3) is 22.0 Å². The maximum Gasteiger partial charge on any atom is 0.272 e. The van der Waals surface area contributed by atoms with Gasteiger partial charge in [-0.1, -0.05) is 24.2 Å². The highest BCUT2D eigenvalue weighted by Gasteiger charge is 2.45. The molecule has 0 atom stereocenters. The summed E-state index contributed by atoms with van der Waals surface area (Å²) in [6.07, 6.45) is 5.53. The predicted octanol–water partition coefficient (Wildman–Crippen LogP) is 4.05. The number of hydrogen-bond acceptors (Lipinski definition) is 7. The molecule has 0 spiro atoms. The first-order chi connectivity index (χ1) is 20.9. The van der Waals surface area contributed by atoms with Crippen molar-refractivity contribution in [2.75, 3.05) is 56.2 Å². The number of carbonyl (C=O) groups excluding carboxylic acids is 1. The van der Waals surface area contributed by atoms with Gasteiger partial charge in [-0.05, 0) is 63.0 Å². The van der Waals surface area contributed by atoms with Crippen LogP contribution < -0.4 is 16.2 Å². The summed E-state index contributed by atoms with van der Waals surface area (Å²) < 4.78 is 60.4. The molecule has 3 aromatic rings.